The number of benzene rings is 1. The highest BCUT2D eigenvalue weighted by Gasteiger charge is 2.22. The second kappa shape index (κ2) is 10.6. The Hall–Kier alpha value is -2.85. The number of anilines is 2. The third kappa shape index (κ3) is 5.13. The van der Waals surface area contributed by atoms with Crippen molar-refractivity contribution in [2.24, 2.45) is 0 Å². The average molecular weight is 472 g/mol. The summed E-state index contributed by atoms with van der Waals surface area (Å²) in [5, 5.41) is 14.6. The average Bonchev–Trinajstić information content (AvgIpc) is 3.46. The van der Waals surface area contributed by atoms with Gasteiger partial charge < -0.3 is 15.0 Å². The minimum atomic E-state index is -0.438. The number of carbonyl (C=O) groups excluding carboxylic acids is 2. The van der Waals surface area contributed by atoms with Gasteiger partial charge in [-0.1, -0.05) is 30.0 Å². The number of aromatic nitrogens is 3. The molecule has 1 amide bonds. The van der Waals surface area contributed by atoms with E-state index in [1.807, 2.05) is 34.9 Å². The molecule has 8 nitrogen and oxygen atoms in total. The van der Waals surface area contributed by atoms with Crippen LogP contribution in [-0.4, -0.2) is 52.1 Å². The predicted octanol–water partition coefficient (Wildman–Crippen LogP) is 4.23. The van der Waals surface area contributed by atoms with Gasteiger partial charge in [0.15, 0.2) is 5.16 Å². The second-order valence-electron chi connectivity index (χ2n) is 7.22. The van der Waals surface area contributed by atoms with Crippen LogP contribution in [0.2, 0.25) is 0 Å². The lowest BCUT2D eigenvalue weighted by Gasteiger charge is -2.27. The monoisotopic (exact) mass is 471 g/mol. The normalized spacial score (nSPS) is 13.7. The van der Waals surface area contributed by atoms with Crippen molar-refractivity contribution >= 4 is 45.9 Å². The zero-order valence-corrected chi connectivity index (χ0v) is 19.5. The molecule has 32 heavy (non-hydrogen) atoms. The van der Waals surface area contributed by atoms with Crippen LogP contribution in [0.4, 0.5) is 10.9 Å². The SMILES string of the molecule is CCOC(=O)c1ccsc1NC(=O)CSc1nnc(N2CCCCC2)n1-c1ccccc1. The van der Waals surface area contributed by atoms with E-state index in [4.69, 9.17) is 4.74 Å². The molecule has 0 bridgehead atoms. The summed E-state index contributed by atoms with van der Waals surface area (Å²) in [6, 6.07) is 11.6. The largest absolute Gasteiger partial charge is 0.462 e. The Bertz CT molecular complexity index is 1060. The molecule has 0 saturated carbocycles. The number of carbonyl (C=O) groups is 2. The molecule has 1 N–H and O–H groups in total. The topological polar surface area (TPSA) is 89.3 Å². The summed E-state index contributed by atoms with van der Waals surface area (Å²) in [4.78, 5) is 26.9. The molecule has 1 aliphatic heterocycles. The van der Waals surface area contributed by atoms with Crippen LogP contribution in [0.15, 0.2) is 46.9 Å². The van der Waals surface area contributed by atoms with Crippen molar-refractivity contribution in [3.05, 3.63) is 47.3 Å². The fourth-order valence-electron chi connectivity index (χ4n) is 3.53. The van der Waals surface area contributed by atoms with Gasteiger partial charge >= 0.3 is 5.97 Å². The second-order valence-corrected chi connectivity index (χ2v) is 9.08. The fourth-order valence-corrected chi connectivity index (χ4v) is 5.06. The van der Waals surface area contributed by atoms with E-state index in [-0.39, 0.29) is 18.3 Å². The highest BCUT2D eigenvalue weighted by Crippen LogP contribution is 2.29. The van der Waals surface area contributed by atoms with Crippen LogP contribution in [0.3, 0.4) is 0 Å². The third-order valence-electron chi connectivity index (χ3n) is 5.02. The molecule has 0 spiro atoms. The van der Waals surface area contributed by atoms with Crippen molar-refractivity contribution in [2.45, 2.75) is 31.3 Å². The summed E-state index contributed by atoms with van der Waals surface area (Å²) >= 11 is 2.62. The maximum absolute atomic E-state index is 12.6. The van der Waals surface area contributed by atoms with Gasteiger partial charge in [-0.25, -0.2) is 4.79 Å². The van der Waals surface area contributed by atoms with E-state index < -0.39 is 5.97 Å². The first-order valence-corrected chi connectivity index (χ1v) is 12.5. The summed E-state index contributed by atoms with van der Waals surface area (Å²) in [7, 11) is 0. The molecule has 10 heteroatoms. The zero-order chi connectivity index (χ0) is 22.3. The number of thioether (sulfide) groups is 1. The number of hydrogen-bond donors (Lipinski definition) is 1. The van der Waals surface area contributed by atoms with Gasteiger partial charge in [0.1, 0.15) is 5.00 Å². The Balaban J connectivity index is 1.49. The Morgan fingerprint density at radius 2 is 1.91 bits per heavy atom. The molecule has 4 rings (SSSR count). The molecule has 0 unspecified atom stereocenters. The van der Waals surface area contributed by atoms with Gasteiger partial charge in [-0.3, -0.25) is 9.36 Å². The molecule has 2 aromatic heterocycles. The van der Waals surface area contributed by atoms with Gasteiger partial charge in [0.25, 0.3) is 0 Å². The van der Waals surface area contributed by atoms with Crippen molar-refractivity contribution in [3.8, 4) is 5.69 Å². The van der Waals surface area contributed by atoms with Crippen molar-refractivity contribution in [1.82, 2.24) is 14.8 Å². The van der Waals surface area contributed by atoms with Crippen LogP contribution in [0.1, 0.15) is 36.5 Å². The summed E-state index contributed by atoms with van der Waals surface area (Å²) in [6.07, 6.45) is 3.50. The molecule has 1 fully saturated rings. The first-order valence-electron chi connectivity index (χ1n) is 10.6. The van der Waals surface area contributed by atoms with Crippen LogP contribution in [0, 0.1) is 0 Å². The van der Waals surface area contributed by atoms with E-state index in [0.717, 1.165) is 37.6 Å². The number of esters is 1. The smallest absolute Gasteiger partial charge is 0.341 e. The molecule has 3 heterocycles. The molecule has 0 atom stereocenters. The van der Waals surface area contributed by atoms with Crippen LogP contribution in [-0.2, 0) is 9.53 Å². The van der Waals surface area contributed by atoms with E-state index in [2.05, 4.69) is 20.4 Å². The Morgan fingerprint density at radius 1 is 1.12 bits per heavy atom. The summed E-state index contributed by atoms with van der Waals surface area (Å²) in [5.41, 5.74) is 1.33. The maximum Gasteiger partial charge on any atom is 0.341 e. The van der Waals surface area contributed by atoms with E-state index in [1.54, 1.807) is 18.4 Å². The quantitative estimate of drug-likeness (QED) is 0.388. The summed E-state index contributed by atoms with van der Waals surface area (Å²) < 4.78 is 7.06. The molecule has 0 radical (unpaired) electrons. The van der Waals surface area contributed by atoms with Gasteiger partial charge in [0.2, 0.25) is 11.9 Å². The number of rotatable bonds is 8. The van der Waals surface area contributed by atoms with Gasteiger partial charge in [-0.15, -0.1) is 21.5 Å². The van der Waals surface area contributed by atoms with Gasteiger partial charge in [0.05, 0.1) is 23.6 Å². The van der Waals surface area contributed by atoms with Gasteiger partial charge in [0, 0.05) is 13.1 Å². The number of amides is 1. The van der Waals surface area contributed by atoms with Crippen molar-refractivity contribution in [2.75, 3.05) is 35.7 Å². The summed E-state index contributed by atoms with van der Waals surface area (Å²) in [6.45, 7) is 3.93. The fraction of sp³-hybridized carbons (Fsp3) is 0.364. The van der Waals surface area contributed by atoms with Gasteiger partial charge in [-0.2, -0.15) is 0 Å². The molecule has 1 saturated heterocycles. The van der Waals surface area contributed by atoms with Crippen molar-refractivity contribution in [3.63, 3.8) is 0 Å². The Kier molecular flexibility index (Phi) is 7.43. The Morgan fingerprint density at radius 3 is 2.66 bits per heavy atom. The predicted molar refractivity (Wildman–Crippen MR) is 127 cm³/mol. The zero-order valence-electron chi connectivity index (χ0n) is 17.8. The molecule has 1 aliphatic rings. The number of nitrogens with one attached hydrogen (secondary N) is 1. The molecule has 3 aromatic rings. The molecular weight excluding hydrogens is 446 g/mol. The van der Waals surface area contributed by atoms with E-state index in [9.17, 15) is 9.59 Å². The maximum atomic E-state index is 12.6. The van der Waals surface area contributed by atoms with Crippen molar-refractivity contribution < 1.29 is 14.3 Å². The number of piperidine rings is 1. The van der Waals surface area contributed by atoms with Crippen molar-refractivity contribution in [1.29, 1.82) is 0 Å². The lowest BCUT2D eigenvalue weighted by Crippen LogP contribution is -2.31. The molecular formula is C22H25N5O3S2. The number of ether oxygens (including phenoxy) is 1. The number of para-hydroxylation sites is 1. The van der Waals surface area contributed by atoms with E-state index >= 15 is 0 Å². The first-order chi connectivity index (χ1) is 15.7. The van der Waals surface area contributed by atoms with Crippen LogP contribution in [0.5, 0.6) is 0 Å². The standard InChI is InChI=1S/C22H25N5O3S2/c1-2-30-20(29)17-11-14-31-19(17)23-18(28)15-32-22-25-24-21(26-12-7-4-8-13-26)27(22)16-9-5-3-6-10-16/h3,5-6,9-11,14H,2,4,7-8,12-13,15H2,1H3,(H,23,28). The van der Waals surface area contributed by atoms with Crippen LogP contribution >= 0.6 is 23.1 Å². The number of nitrogens with zero attached hydrogens (tertiary/aromatic N) is 4. The third-order valence-corrected chi connectivity index (χ3v) is 6.77. The Labute approximate surface area is 195 Å². The van der Waals surface area contributed by atoms with Crippen LogP contribution < -0.4 is 10.2 Å². The molecule has 168 valence electrons. The highest BCUT2D eigenvalue weighted by atomic mass is 32.2. The van der Waals surface area contributed by atoms with Crippen LogP contribution in [0.25, 0.3) is 5.69 Å². The summed E-state index contributed by atoms with van der Waals surface area (Å²) in [5.74, 6) is 0.295. The minimum Gasteiger partial charge on any atom is -0.462 e. The number of thiophene rings is 1. The minimum absolute atomic E-state index is 0.144. The van der Waals surface area contributed by atoms with Gasteiger partial charge in [-0.05, 0) is 49.8 Å². The lowest BCUT2D eigenvalue weighted by molar-refractivity contribution is -0.113. The molecule has 0 aliphatic carbocycles. The molecule has 1 aromatic carbocycles. The number of hydrogen-bond acceptors (Lipinski definition) is 8. The first kappa shape index (κ1) is 22.3. The lowest BCUT2D eigenvalue weighted by atomic mass is 10.1. The van der Waals surface area contributed by atoms with E-state index in [0.29, 0.717) is 15.7 Å². The van der Waals surface area contributed by atoms with E-state index in [1.165, 1.54) is 29.5 Å². The highest BCUT2D eigenvalue weighted by molar-refractivity contribution is 7.99.